The average Bonchev–Trinajstić information content (AvgIpc) is 2.56. The van der Waals surface area contributed by atoms with E-state index in [0.717, 1.165) is 29.7 Å². The van der Waals surface area contributed by atoms with Gasteiger partial charge in [-0.2, -0.15) is 0 Å². The van der Waals surface area contributed by atoms with Gasteiger partial charge in [0.15, 0.2) is 0 Å². The van der Waals surface area contributed by atoms with Gasteiger partial charge in [0.1, 0.15) is 0 Å². The molecule has 1 aliphatic rings. The number of rotatable bonds is 6. The predicted molar refractivity (Wildman–Crippen MR) is 102 cm³/mol. The second-order valence-electron chi connectivity index (χ2n) is 7.71. The number of nitrogens with two attached hydrogens (primary N) is 1. The minimum Gasteiger partial charge on any atom is -0.327 e. The molecule has 2 rings (SSSR count). The Balaban J connectivity index is 2.14. The van der Waals surface area contributed by atoms with Gasteiger partial charge in [-0.1, -0.05) is 57.5 Å². The van der Waals surface area contributed by atoms with Crippen molar-refractivity contribution in [1.29, 1.82) is 0 Å². The van der Waals surface area contributed by atoms with Crippen LogP contribution >= 0.6 is 0 Å². The maximum atomic E-state index is 13.0. The molecule has 1 aromatic carbocycles. The van der Waals surface area contributed by atoms with Crippen LogP contribution in [0.25, 0.3) is 0 Å². The summed E-state index contributed by atoms with van der Waals surface area (Å²) in [4.78, 5) is 13.0. The molecule has 0 radical (unpaired) electrons. The molecule has 3 atom stereocenters. The van der Waals surface area contributed by atoms with Gasteiger partial charge in [-0.25, -0.2) is 0 Å². The molecule has 1 fully saturated rings. The molecule has 0 aromatic heterocycles. The molecule has 1 amide bonds. The Labute approximate surface area is 146 Å². The van der Waals surface area contributed by atoms with E-state index in [4.69, 9.17) is 5.73 Å². The lowest BCUT2D eigenvalue weighted by Crippen LogP contribution is -2.36. The first-order chi connectivity index (χ1) is 11.4. The van der Waals surface area contributed by atoms with Gasteiger partial charge >= 0.3 is 0 Å². The van der Waals surface area contributed by atoms with Crippen LogP contribution in [0.4, 0.5) is 5.69 Å². The van der Waals surface area contributed by atoms with Gasteiger partial charge in [-0.15, -0.1) is 0 Å². The third kappa shape index (κ3) is 4.70. The number of hydrogen-bond acceptors (Lipinski definition) is 2. The minimum atomic E-state index is 0.111. The number of anilines is 1. The maximum absolute atomic E-state index is 13.0. The molecule has 132 valence electrons. The summed E-state index contributed by atoms with van der Waals surface area (Å²) in [6.45, 7) is 11.2. The van der Waals surface area contributed by atoms with E-state index < -0.39 is 0 Å². The van der Waals surface area contributed by atoms with Gasteiger partial charge in [-0.3, -0.25) is 4.79 Å². The van der Waals surface area contributed by atoms with Crippen LogP contribution in [0.1, 0.15) is 45.6 Å². The molecule has 1 unspecified atom stereocenters. The third-order valence-electron chi connectivity index (χ3n) is 5.36. The zero-order valence-electron chi connectivity index (χ0n) is 15.3. The zero-order chi connectivity index (χ0) is 17.7. The van der Waals surface area contributed by atoms with Crippen LogP contribution in [0, 0.1) is 23.7 Å². The van der Waals surface area contributed by atoms with Crippen molar-refractivity contribution in [3.8, 4) is 0 Å². The number of para-hydroxylation sites is 1. The highest BCUT2D eigenvalue weighted by Gasteiger charge is 2.35. The third-order valence-corrected chi connectivity index (χ3v) is 5.36. The summed E-state index contributed by atoms with van der Waals surface area (Å²) in [5, 5.41) is 3.19. The topological polar surface area (TPSA) is 55.1 Å². The number of hydrogen-bond donors (Lipinski definition) is 2. The van der Waals surface area contributed by atoms with Crippen LogP contribution < -0.4 is 11.1 Å². The van der Waals surface area contributed by atoms with Gasteiger partial charge in [0, 0.05) is 18.2 Å². The molecular formula is C21H32N2O. The fourth-order valence-electron chi connectivity index (χ4n) is 3.87. The Kier molecular flexibility index (Phi) is 6.61. The monoisotopic (exact) mass is 328 g/mol. The van der Waals surface area contributed by atoms with Crippen molar-refractivity contribution >= 4 is 11.6 Å². The number of carbonyl (C=O) groups is 1. The maximum Gasteiger partial charge on any atom is 0.227 e. The summed E-state index contributed by atoms with van der Waals surface area (Å²) in [6.07, 6.45) is 4.09. The van der Waals surface area contributed by atoms with Gasteiger partial charge in [-0.05, 0) is 48.6 Å². The lowest BCUT2D eigenvalue weighted by Gasteiger charge is -2.36. The van der Waals surface area contributed by atoms with E-state index in [0.29, 0.717) is 30.7 Å². The molecule has 0 aliphatic heterocycles. The summed E-state index contributed by atoms with van der Waals surface area (Å²) in [7, 11) is 0. The van der Waals surface area contributed by atoms with Crippen molar-refractivity contribution in [1.82, 2.24) is 0 Å². The Hall–Kier alpha value is -1.61. The number of nitrogens with one attached hydrogen (secondary N) is 1. The fourth-order valence-corrected chi connectivity index (χ4v) is 3.87. The SMILES string of the molecule is C=C(CN)Cc1ccccc1NC(=O)[C@@H]1C[C@H](C)CCC1C(C)C. The highest BCUT2D eigenvalue weighted by molar-refractivity contribution is 5.93. The highest BCUT2D eigenvalue weighted by atomic mass is 16.1. The minimum absolute atomic E-state index is 0.111. The Morgan fingerprint density at radius 2 is 2.04 bits per heavy atom. The second kappa shape index (κ2) is 8.48. The summed E-state index contributed by atoms with van der Waals surface area (Å²) in [5.74, 6) is 1.93. The quantitative estimate of drug-likeness (QED) is 0.761. The van der Waals surface area contributed by atoms with E-state index in [9.17, 15) is 4.79 Å². The molecule has 0 saturated heterocycles. The molecular weight excluding hydrogens is 296 g/mol. The predicted octanol–water partition coefficient (Wildman–Crippen LogP) is 4.39. The largest absolute Gasteiger partial charge is 0.327 e. The van der Waals surface area contributed by atoms with Crippen molar-refractivity contribution in [3.05, 3.63) is 42.0 Å². The molecule has 3 N–H and O–H groups in total. The molecule has 0 spiro atoms. The van der Waals surface area contributed by atoms with E-state index in [1.165, 1.54) is 6.42 Å². The van der Waals surface area contributed by atoms with Crippen LogP contribution in [0.2, 0.25) is 0 Å². The molecule has 1 aliphatic carbocycles. The lowest BCUT2D eigenvalue weighted by atomic mass is 9.70. The number of benzene rings is 1. The fraction of sp³-hybridized carbons (Fsp3) is 0.571. The van der Waals surface area contributed by atoms with Crippen LogP contribution in [-0.4, -0.2) is 12.5 Å². The van der Waals surface area contributed by atoms with Crippen molar-refractivity contribution in [2.45, 2.75) is 46.5 Å². The highest BCUT2D eigenvalue weighted by Crippen LogP contribution is 2.38. The van der Waals surface area contributed by atoms with Crippen LogP contribution in [0.3, 0.4) is 0 Å². The Morgan fingerprint density at radius 1 is 1.33 bits per heavy atom. The standard InChI is InChI=1S/C21H32N2O/c1-14(2)18-10-9-15(3)12-19(18)21(24)23-20-8-6-5-7-17(20)11-16(4)13-22/h5-8,14-15,18-19H,4,9-13,22H2,1-3H3,(H,23,24)/t15-,18?,19-/m1/s1. The summed E-state index contributed by atoms with van der Waals surface area (Å²) < 4.78 is 0. The van der Waals surface area contributed by atoms with Crippen molar-refractivity contribution in [3.63, 3.8) is 0 Å². The van der Waals surface area contributed by atoms with E-state index in [1.54, 1.807) is 0 Å². The summed E-state index contributed by atoms with van der Waals surface area (Å²) in [5.41, 5.74) is 8.63. The van der Waals surface area contributed by atoms with Crippen molar-refractivity contribution in [2.24, 2.45) is 29.4 Å². The zero-order valence-corrected chi connectivity index (χ0v) is 15.3. The normalized spacial score (nSPS) is 24.0. The molecule has 0 heterocycles. The first kappa shape index (κ1) is 18.7. The van der Waals surface area contributed by atoms with E-state index in [-0.39, 0.29) is 11.8 Å². The van der Waals surface area contributed by atoms with Gasteiger partial charge in [0.05, 0.1) is 0 Å². The van der Waals surface area contributed by atoms with Crippen molar-refractivity contribution < 1.29 is 4.79 Å². The molecule has 3 heteroatoms. The van der Waals surface area contributed by atoms with E-state index in [2.05, 4.69) is 32.7 Å². The number of amides is 1. The molecule has 24 heavy (non-hydrogen) atoms. The average molecular weight is 329 g/mol. The summed E-state index contributed by atoms with van der Waals surface area (Å²) >= 11 is 0. The van der Waals surface area contributed by atoms with Gasteiger partial charge < -0.3 is 11.1 Å². The lowest BCUT2D eigenvalue weighted by molar-refractivity contribution is -0.124. The van der Waals surface area contributed by atoms with E-state index in [1.807, 2.05) is 24.3 Å². The Morgan fingerprint density at radius 3 is 2.71 bits per heavy atom. The molecule has 1 saturated carbocycles. The van der Waals surface area contributed by atoms with Crippen molar-refractivity contribution in [2.75, 3.05) is 11.9 Å². The van der Waals surface area contributed by atoms with Crippen LogP contribution in [-0.2, 0) is 11.2 Å². The van der Waals surface area contributed by atoms with Crippen LogP contribution in [0.5, 0.6) is 0 Å². The second-order valence-corrected chi connectivity index (χ2v) is 7.71. The Bertz CT molecular complexity index is 579. The smallest absolute Gasteiger partial charge is 0.227 e. The first-order valence-electron chi connectivity index (χ1n) is 9.17. The van der Waals surface area contributed by atoms with Crippen LogP contribution in [0.15, 0.2) is 36.4 Å². The molecule has 0 bridgehead atoms. The first-order valence-corrected chi connectivity index (χ1v) is 9.17. The molecule has 1 aromatic rings. The van der Waals surface area contributed by atoms with Gasteiger partial charge in [0.25, 0.3) is 0 Å². The molecule has 3 nitrogen and oxygen atoms in total. The summed E-state index contributed by atoms with van der Waals surface area (Å²) in [6, 6.07) is 7.98. The van der Waals surface area contributed by atoms with Gasteiger partial charge in [0.2, 0.25) is 5.91 Å². The van der Waals surface area contributed by atoms with E-state index >= 15 is 0 Å². The number of carbonyl (C=O) groups excluding carboxylic acids is 1.